The van der Waals surface area contributed by atoms with Crippen molar-refractivity contribution in [1.29, 1.82) is 0 Å². The predicted molar refractivity (Wildman–Crippen MR) is 62.1 cm³/mol. The van der Waals surface area contributed by atoms with Gasteiger partial charge in [0.2, 0.25) is 0 Å². The van der Waals surface area contributed by atoms with Crippen LogP contribution in [0.25, 0.3) is 0 Å². The molecule has 0 heterocycles. The van der Waals surface area contributed by atoms with Crippen LogP contribution in [0.3, 0.4) is 0 Å². The Balaban J connectivity index is 2.49. The van der Waals surface area contributed by atoms with E-state index in [1.165, 1.54) is 14.0 Å². The van der Waals surface area contributed by atoms with E-state index in [-0.39, 0.29) is 0 Å². The number of nitrogens with one attached hydrogen (secondary N) is 1. The SMILES string of the molecule is COc1ccc(OC(C)C(=O)NCC(F)(F)F)cc1. The van der Waals surface area contributed by atoms with Crippen LogP contribution in [0.1, 0.15) is 6.92 Å². The van der Waals surface area contributed by atoms with Gasteiger partial charge in [0, 0.05) is 0 Å². The van der Waals surface area contributed by atoms with Crippen molar-refractivity contribution in [1.82, 2.24) is 5.32 Å². The number of rotatable bonds is 5. The number of benzene rings is 1. The first kappa shape index (κ1) is 15.1. The van der Waals surface area contributed by atoms with Crippen LogP contribution in [0.5, 0.6) is 11.5 Å². The number of hydrogen-bond acceptors (Lipinski definition) is 3. The van der Waals surface area contributed by atoms with Crippen molar-refractivity contribution in [3.05, 3.63) is 24.3 Å². The molecule has 0 saturated heterocycles. The van der Waals surface area contributed by atoms with E-state index in [9.17, 15) is 18.0 Å². The molecule has 7 heteroatoms. The van der Waals surface area contributed by atoms with E-state index in [0.29, 0.717) is 11.5 Å². The van der Waals surface area contributed by atoms with E-state index < -0.39 is 24.7 Å². The Kier molecular flexibility index (Phi) is 5.02. The molecule has 0 spiro atoms. The molecule has 0 aliphatic heterocycles. The standard InChI is InChI=1S/C12H14F3NO3/c1-8(11(17)16-7-12(13,14)15)19-10-5-3-9(18-2)4-6-10/h3-6,8H,7H2,1-2H3,(H,16,17). The van der Waals surface area contributed by atoms with Crippen LogP contribution in [0.4, 0.5) is 13.2 Å². The Labute approximate surface area is 108 Å². The Morgan fingerprint density at radius 2 is 1.79 bits per heavy atom. The van der Waals surface area contributed by atoms with Gasteiger partial charge in [0.1, 0.15) is 18.0 Å². The second-order valence-electron chi connectivity index (χ2n) is 3.77. The first-order valence-corrected chi connectivity index (χ1v) is 5.47. The molecule has 19 heavy (non-hydrogen) atoms. The molecule has 0 aliphatic carbocycles. The van der Waals surface area contributed by atoms with E-state index >= 15 is 0 Å². The van der Waals surface area contributed by atoms with E-state index in [0.717, 1.165) is 0 Å². The van der Waals surface area contributed by atoms with Gasteiger partial charge in [-0.3, -0.25) is 4.79 Å². The molecule has 0 aromatic heterocycles. The number of alkyl halides is 3. The van der Waals surface area contributed by atoms with Crippen LogP contribution in [-0.4, -0.2) is 31.8 Å². The minimum Gasteiger partial charge on any atom is -0.497 e. The number of carbonyl (C=O) groups excluding carboxylic acids is 1. The molecule has 1 amide bonds. The van der Waals surface area contributed by atoms with E-state index in [1.807, 2.05) is 0 Å². The minimum absolute atomic E-state index is 0.371. The highest BCUT2D eigenvalue weighted by atomic mass is 19.4. The molecule has 0 saturated carbocycles. The van der Waals surface area contributed by atoms with Crippen molar-refractivity contribution in [2.75, 3.05) is 13.7 Å². The highest BCUT2D eigenvalue weighted by molar-refractivity contribution is 5.80. The zero-order valence-electron chi connectivity index (χ0n) is 10.5. The zero-order chi connectivity index (χ0) is 14.5. The average molecular weight is 277 g/mol. The molecule has 1 aromatic carbocycles. The lowest BCUT2D eigenvalue weighted by Crippen LogP contribution is -2.41. The maximum Gasteiger partial charge on any atom is 0.405 e. The molecule has 0 aliphatic rings. The zero-order valence-corrected chi connectivity index (χ0v) is 10.5. The van der Waals surface area contributed by atoms with Crippen molar-refractivity contribution >= 4 is 5.91 Å². The fourth-order valence-electron chi connectivity index (χ4n) is 1.24. The minimum atomic E-state index is -4.44. The normalized spacial score (nSPS) is 12.7. The van der Waals surface area contributed by atoms with Gasteiger partial charge in [-0.25, -0.2) is 0 Å². The first-order chi connectivity index (χ1) is 8.81. The molecule has 0 radical (unpaired) electrons. The summed E-state index contributed by atoms with van der Waals surface area (Å²) in [5, 5.41) is 1.75. The van der Waals surface area contributed by atoms with Gasteiger partial charge in [-0.2, -0.15) is 13.2 Å². The van der Waals surface area contributed by atoms with Gasteiger partial charge in [-0.15, -0.1) is 0 Å². The second-order valence-corrected chi connectivity index (χ2v) is 3.77. The lowest BCUT2D eigenvalue weighted by atomic mass is 10.3. The maximum atomic E-state index is 11.9. The number of methoxy groups -OCH3 is 1. The van der Waals surface area contributed by atoms with Gasteiger partial charge in [-0.05, 0) is 31.2 Å². The molecule has 106 valence electrons. The molecule has 1 rings (SSSR count). The van der Waals surface area contributed by atoms with Gasteiger partial charge >= 0.3 is 6.18 Å². The van der Waals surface area contributed by atoms with Crippen molar-refractivity contribution < 1.29 is 27.4 Å². The third-order valence-corrected chi connectivity index (χ3v) is 2.20. The summed E-state index contributed by atoms with van der Waals surface area (Å²) < 4.78 is 45.9. The van der Waals surface area contributed by atoms with Crippen LogP contribution < -0.4 is 14.8 Å². The third-order valence-electron chi connectivity index (χ3n) is 2.20. The van der Waals surface area contributed by atoms with Crippen molar-refractivity contribution in [2.45, 2.75) is 19.2 Å². The fourth-order valence-corrected chi connectivity index (χ4v) is 1.24. The summed E-state index contributed by atoms with van der Waals surface area (Å²) in [7, 11) is 1.50. The Bertz CT molecular complexity index is 417. The van der Waals surface area contributed by atoms with Crippen LogP contribution in [0, 0.1) is 0 Å². The smallest absolute Gasteiger partial charge is 0.405 e. The lowest BCUT2D eigenvalue weighted by Gasteiger charge is -2.15. The monoisotopic (exact) mass is 277 g/mol. The van der Waals surface area contributed by atoms with Crippen LogP contribution >= 0.6 is 0 Å². The number of ether oxygens (including phenoxy) is 2. The number of halogens is 3. The fraction of sp³-hybridized carbons (Fsp3) is 0.417. The molecule has 0 fully saturated rings. The Morgan fingerprint density at radius 3 is 2.26 bits per heavy atom. The summed E-state index contributed by atoms with van der Waals surface area (Å²) in [6.07, 6.45) is -5.45. The van der Waals surface area contributed by atoms with E-state index in [4.69, 9.17) is 9.47 Å². The molecule has 1 aromatic rings. The Hall–Kier alpha value is -1.92. The highest BCUT2D eigenvalue weighted by Gasteiger charge is 2.29. The summed E-state index contributed by atoms with van der Waals surface area (Å²) in [5.41, 5.74) is 0. The van der Waals surface area contributed by atoms with Gasteiger partial charge in [0.15, 0.2) is 6.10 Å². The summed E-state index contributed by atoms with van der Waals surface area (Å²) >= 11 is 0. The second kappa shape index (κ2) is 6.31. The molecular weight excluding hydrogens is 263 g/mol. The molecular formula is C12H14F3NO3. The number of amides is 1. The largest absolute Gasteiger partial charge is 0.497 e. The lowest BCUT2D eigenvalue weighted by molar-refractivity contribution is -0.142. The molecule has 1 atom stereocenters. The van der Waals surface area contributed by atoms with Crippen molar-refractivity contribution in [3.63, 3.8) is 0 Å². The summed E-state index contributed by atoms with van der Waals surface area (Å²) in [6, 6.07) is 6.37. The third kappa shape index (κ3) is 5.50. The molecule has 1 N–H and O–H groups in total. The first-order valence-electron chi connectivity index (χ1n) is 5.47. The van der Waals surface area contributed by atoms with E-state index in [1.54, 1.807) is 29.6 Å². The number of carbonyl (C=O) groups is 1. The topological polar surface area (TPSA) is 47.6 Å². The Morgan fingerprint density at radius 1 is 1.26 bits per heavy atom. The number of hydrogen-bond donors (Lipinski definition) is 1. The highest BCUT2D eigenvalue weighted by Crippen LogP contribution is 2.18. The quantitative estimate of drug-likeness (QED) is 0.897. The van der Waals surface area contributed by atoms with E-state index in [2.05, 4.69) is 0 Å². The van der Waals surface area contributed by atoms with Gasteiger partial charge in [-0.1, -0.05) is 0 Å². The molecule has 0 bridgehead atoms. The average Bonchev–Trinajstić information content (AvgIpc) is 2.36. The predicted octanol–water partition coefficient (Wildman–Crippen LogP) is 2.14. The molecule has 1 unspecified atom stereocenters. The van der Waals surface area contributed by atoms with Crippen LogP contribution in [-0.2, 0) is 4.79 Å². The summed E-state index contributed by atoms with van der Waals surface area (Å²) in [6.45, 7) is -0.00190. The van der Waals surface area contributed by atoms with Crippen LogP contribution in [0.2, 0.25) is 0 Å². The van der Waals surface area contributed by atoms with Gasteiger partial charge < -0.3 is 14.8 Å². The van der Waals surface area contributed by atoms with Gasteiger partial charge in [0.25, 0.3) is 5.91 Å². The van der Waals surface area contributed by atoms with Crippen molar-refractivity contribution in [2.24, 2.45) is 0 Å². The summed E-state index contributed by atoms with van der Waals surface area (Å²) in [5.74, 6) is 0.158. The van der Waals surface area contributed by atoms with Crippen molar-refractivity contribution in [3.8, 4) is 11.5 Å². The molecule has 4 nitrogen and oxygen atoms in total. The van der Waals surface area contributed by atoms with Gasteiger partial charge in [0.05, 0.1) is 7.11 Å². The van der Waals surface area contributed by atoms with Crippen LogP contribution in [0.15, 0.2) is 24.3 Å². The maximum absolute atomic E-state index is 11.9. The summed E-state index contributed by atoms with van der Waals surface area (Å²) in [4.78, 5) is 11.4.